The zero-order valence-electron chi connectivity index (χ0n) is 17.6. The third-order valence-corrected chi connectivity index (χ3v) is 6.24. The Bertz CT molecular complexity index is 906. The fourth-order valence-corrected chi connectivity index (χ4v) is 4.44. The molecule has 0 saturated carbocycles. The van der Waals surface area contributed by atoms with Crippen LogP contribution in [0.2, 0.25) is 0 Å². The Morgan fingerprint density at radius 3 is 2.68 bits per heavy atom. The number of hydrogen-bond acceptors (Lipinski definition) is 5. The molecular weight excluding hydrogens is 409 g/mol. The van der Waals surface area contributed by atoms with Gasteiger partial charge < -0.3 is 14.3 Å². The first-order valence-corrected chi connectivity index (χ1v) is 10.8. The van der Waals surface area contributed by atoms with Gasteiger partial charge in [0.25, 0.3) is 5.91 Å². The molecule has 0 N–H and O–H groups in total. The van der Waals surface area contributed by atoms with E-state index in [0.717, 1.165) is 38.4 Å². The molecule has 2 aliphatic rings. The van der Waals surface area contributed by atoms with Crippen LogP contribution in [0.25, 0.3) is 11.4 Å². The summed E-state index contributed by atoms with van der Waals surface area (Å²) in [6, 6.07) is 6.40. The van der Waals surface area contributed by atoms with Gasteiger partial charge in [0.2, 0.25) is 5.82 Å². The highest BCUT2D eigenvalue weighted by molar-refractivity contribution is 5.95. The highest BCUT2D eigenvalue weighted by Crippen LogP contribution is 2.30. The number of carbonyl (C=O) groups excluding carboxylic acids is 1. The van der Waals surface area contributed by atoms with Crippen molar-refractivity contribution in [3.05, 3.63) is 35.7 Å². The largest absolute Gasteiger partial charge is 0.471 e. The molecule has 2 saturated heterocycles. The third-order valence-electron chi connectivity index (χ3n) is 6.24. The number of aromatic nitrogens is 2. The lowest BCUT2D eigenvalue weighted by atomic mass is 9.94. The van der Waals surface area contributed by atoms with E-state index in [2.05, 4.69) is 26.5 Å². The fourth-order valence-electron chi connectivity index (χ4n) is 4.44. The molecule has 0 spiro atoms. The summed E-state index contributed by atoms with van der Waals surface area (Å²) >= 11 is 0. The number of likely N-dealkylation sites (tertiary alicyclic amines) is 2. The van der Waals surface area contributed by atoms with Crippen molar-refractivity contribution in [3.8, 4) is 11.4 Å². The summed E-state index contributed by atoms with van der Waals surface area (Å²) in [5, 5.41) is 3.41. The lowest BCUT2D eigenvalue weighted by Gasteiger charge is -2.38. The van der Waals surface area contributed by atoms with Gasteiger partial charge in [0.15, 0.2) is 0 Å². The summed E-state index contributed by atoms with van der Waals surface area (Å²) in [7, 11) is 0. The SMILES string of the molecule is CC1CCN(CC2CCCN(C(=O)c3cccc(-c4noc(C(F)(F)F)n4)c3)C2)CC1. The lowest BCUT2D eigenvalue weighted by molar-refractivity contribution is -0.159. The van der Waals surface area contributed by atoms with Crippen molar-refractivity contribution in [2.75, 3.05) is 32.7 Å². The molecule has 2 aliphatic heterocycles. The average molecular weight is 436 g/mol. The van der Waals surface area contributed by atoms with Crippen LogP contribution in [0.4, 0.5) is 13.2 Å². The normalized spacial score (nSPS) is 21.4. The van der Waals surface area contributed by atoms with Gasteiger partial charge in [-0.3, -0.25) is 4.79 Å². The summed E-state index contributed by atoms with van der Waals surface area (Å²) in [5.41, 5.74) is 0.740. The van der Waals surface area contributed by atoms with Gasteiger partial charge in [-0.25, -0.2) is 0 Å². The van der Waals surface area contributed by atoms with E-state index in [1.165, 1.54) is 18.9 Å². The number of piperidine rings is 2. The Morgan fingerprint density at radius 2 is 1.97 bits per heavy atom. The molecule has 4 rings (SSSR count). The maximum Gasteiger partial charge on any atom is 0.471 e. The molecule has 31 heavy (non-hydrogen) atoms. The van der Waals surface area contributed by atoms with Crippen molar-refractivity contribution in [1.82, 2.24) is 19.9 Å². The first-order chi connectivity index (χ1) is 14.8. The minimum Gasteiger partial charge on any atom is -0.338 e. The lowest BCUT2D eigenvalue weighted by Crippen LogP contribution is -2.45. The van der Waals surface area contributed by atoms with Crippen LogP contribution in [0.15, 0.2) is 28.8 Å². The van der Waals surface area contributed by atoms with Gasteiger partial charge in [-0.15, -0.1) is 0 Å². The standard InChI is InChI=1S/C22H27F3N4O2/c1-15-7-10-28(11-8-15)13-16-4-3-9-29(14-16)20(30)18-6-2-5-17(12-18)19-26-21(31-27-19)22(23,24)25/h2,5-6,12,15-16H,3-4,7-11,13-14H2,1H3. The molecule has 1 atom stereocenters. The summed E-state index contributed by atoms with van der Waals surface area (Å²) in [5.74, 6) is -0.457. The van der Waals surface area contributed by atoms with E-state index >= 15 is 0 Å². The molecule has 1 aromatic carbocycles. The van der Waals surface area contributed by atoms with E-state index in [9.17, 15) is 18.0 Å². The van der Waals surface area contributed by atoms with Gasteiger partial charge in [-0.05, 0) is 62.7 Å². The molecule has 6 nitrogen and oxygen atoms in total. The van der Waals surface area contributed by atoms with Crippen LogP contribution in [-0.2, 0) is 6.18 Å². The van der Waals surface area contributed by atoms with Gasteiger partial charge in [0, 0.05) is 30.8 Å². The van der Waals surface area contributed by atoms with Crippen LogP contribution in [0.5, 0.6) is 0 Å². The molecule has 1 aromatic heterocycles. The number of rotatable bonds is 4. The van der Waals surface area contributed by atoms with Gasteiger partial charge in [-0.1, -0.05) is 24.2 Å². The maximum absolute atomic E-state index is 13.1. The van der Waals surface area contributed by atoms with Crippen LogP contribution in [0.3, 0.4) is 0 Å². The van der Waals surface area contributed by atoms with E-state index in [1.54, 1.807) is 18.2 Å². The van der Waals surface area contributed by atoms with E-state index in [4.69, 9.17) is 0 Å². The van der Waals surface area contributed by atoms with Gasteiger partial charge in [0.1, 0.15) is 0 Å². The first-order valence-electron chi connectivity index (χ1n) is 10.8. The van der Waals surface area contributed by atoms with Crippen molar-refractivity contribution in [2.45, 2.75) is 38.8 Å². The van der Waals surface area contributed by atoms with Gasteiger partial charge in [0.05, 0.1) is 0 Å². The Labute approximate surface area is 179 Å². The monoisotopic (exact) mass is 436 g/mol. The highest BCUT2D eigenvalue weighted by atomic mass is 19.4. The quantitative estimate of drug-likeness (QED) is 0.714. The van der Waals surface area contributed by atoms with Crippen molar-refractivity contribution in [2.24, 2.45) is 11.8 Å². The van der Waals surface area contributed by atoms with E-state index in [-0.39, 0.29) is 11.7 Å². The molecule has 2 fully saturated rings. The number of carbonyl (C=O) groups is 1. The number of amides is 1. The summed E-state index contributed by atoms with van der Waals surface area (Å²) in [6.07, 6.45) is -0.171. The summed E-state index contributed by atoms with van der Waals surface area (Å²) in [4.78, 5) is 20.9. The number of benzene rings is 1. The average Bonchev–Trinajstić information content (AvgIpc) is 3.26. The summed E-state index contributed by atoms with van der Waals surface area (Å²) in [6.45, 7) is 6.95. The second kappa shape index (κ2) is 8.98. The highest BCUT2D eigenvalue weighted by Gasteiger charge is 2.38. The number of nitrogens with zero attached hydrogens (tertiary/aromatic N) is 4. The smallest absolute Gasteiger partial charge is 0.338 e. The molecule has 168 valence electrons. The Hall–Kier alpha value is -2.42. The number of alkyl halides is 3. The number of hydrogen-bond donors (Lipinski definition) is 0. The van der Waals surface area contributed by atoms with E-state index in [1.807, 2.05) is 4.90 Å². The van der Waals surface area contributed by atoms with Crippen molar-refractivity contribution in [3.63, 3.8) is 0 Å². The Balaban J connectivity index is 1.42. The van der Waals surface area contributed by atoms with E-state index < -0.39 is 12.1 Å². The third kappa shape index (κ3) is 5.26. The van der Waals surface area contributed by atoms with Crippen LogP contribution in [0, 0.1) is 11.8 Å². The van der Waals surface area contributed by atoms with Crippen molar-refractivity contribution < 1.29 is 22.5 Å². The Kier molecular flexibility index (Phi) is 6.31. The van der Waals surface area contributed by atoms with Crippen LogP contribution < -0.4 is 0 Å². The van der Waals surface area contributed by atoms with Crippen molar-refractivity contribution >= 4 is 5.91 Å². The zero-order chi connectivity index (χ0) is 22.0. The van der Waals surface area contributed by atoms with Crippen molar-refractivity contribution in [1.29, 1.82) is 0 Å². The molecule has 3 heterocycles. The predicted molar refractivity (Wildman–Crippen MR) is 108 cm³/mol. The minimum absolute atomic E-state index is 0.113. The minimum atomic E-state index is -4.70. The van der Waals surface area contributed by atoms with Crippen LogP contribution >= 0.6 is 0 Å². The maximum atomic E-state index is 13.1. The summed E-state index contributed by atoms with van der Waals surface area (Å²) < 4.78 is 42.5. The molecule has 0 radical (unpaired) electrons. The topological polar surface area (TPSA) is 62.5 Å². The Morgan fingerprint density at radius 1 is 1.19 bits per heavy atom. The number of halogens is 3. The van der Waals surface area contributed by atoms with Gasteiger partial charge in [-0.2, -0.15) is 18.2 Å². The first kappa shape index (κ1) is 21.8. The molecule has 1 unspecified atom stereocenters. The second-order valence-electron chi connectivity index (χ2n) is 8.74. The second-order valence-corrected chi connectivity index (χ2v) is 8.74. The van der Waals surface area contributed by atoms with Crippen LogP contribution in [-0.4, -0.2) is 58.6 Å². The molecule has 1 amide bonds. The fraction of sp³-hybridized carbons (Fsp3) is 0.591. The zero-order valence-corrected chi connectivity index (χ0v) is 17.6. The van der Waals surface area contributed by atoms with E-state index in [0.29, 0.717) is 30.1 Å². The molecule has 0 aliphatic carbocycles. The van der Waals surface area contributed by atoms with Gasteiger partial charge >= 0.3 is 12.1 Å². The van der Waals surface area contributed by atoms with Crippen LogP contribution in [0.1, 0.15) is 48.9 Å². The molecule has 9 heteroatoms. The molecule has 0 bridgehead atoms. The molecular formula is C22H27F3N4O2. The predicted octanol–water partition coefficient (Wildman–Crippen LogP) is 4.34. The molecule has 2 aromatic rings.